The molecule has 18 heteroatoms. The third-order valence-electron chi connectivity index (χ3n) is 13.4. The number of aromatic nitrogens is 2. The average molecular weight is 831 g/mol. The Morgan fingerprint density at radius 1 is 0.967 bits per heavy atom. The molecule has 318 valence electrons. The first-order chi connectivity index (χ1) is 28.7. The number of hydrogen-bond donors (Lipinski definition) is 3. The van der Waals surface area contributed by atoms with Crippen LogP contribution in [0.4, 0.5) is 35.2 Å². The van der Waals surface area contributed by atoms with Gasteiger partial charge in [0.25, 0.3) is 12.3 Å². The van der Waals surface area contributed by atoms with Crippen molar-refractivity contribution in [1.82, 2.24) is 35.1 Å². The molecular formula is C42H49F3N10O5. The molecule has 3 aromatic rings. The van der Waals surface area contributed by atoms with Crippen molar-refractivity contribution in [3.63, 3.8) is 0 Å². The third-order valence-corrected chi connectivity index (χ3v) is 13.4. The quantitative estimate of drug-likeness (QED) is 0.311. The van der Waals surface area contributed by atoms with Crippen molar-refractivity contribution in [3.05, 3.63) is 59.4 Å². The van der Waals surface area contributed by atoms with E-state index in [1.54, 1.807) is 14.7 Å². The molecule has 6 aliphatic rings. The molecule has 3 N–H and O–H groups in total. The fraction of sp³-hybridized carbons (Fsp3) is 0.524. The van der Waals surface area contributed by atoms with E-state index in [1.165, 1.54) is 18.2 Å². The first-order valence-electron chi connectivity index (χ1n) is 20.7. The van der Waals surface area contributed by atoms with Crippen LogP contribution >= 0.6 is 0 Å². The number of amides is 5. The molecule has 0 spiro atoms. The summed E-state index contributed by atoms with van der Waals surface area (Å²) in [6.07, 6.45) is -0.736. The molecule has 0 radical (unpaired) electrons. The summed E-state index contributed by atoms with van der Waals surface area (Å²) in [5, 5.41) is 24.0. The van der Waals surface area contributed by atoms with E-state index in [9.17, 15) is 28.7 Å². The molecule has 4 saturated heterocycles. The molecule has 60 heavy (non-hydrogen) atoms. The molecule has 6 aliphatic heterocycles. The molecule has 3 atom stereocenters. The minimum atomic E-state index is -2.83. The van der Waals surface area contributed by atoms with Crippen molar-refractivity contribution in [1.29, 1.82) is 0 Å². The predicted octanol–water partition coefficient (Wildman–Crippen LogP) is 3.73. The number of urea groups is 1. The molecule has 0 bridgehead atoms. The number of piperazine rings is 2. The van der Waals surface area contributed by atoms with Gasteiger partial charge in [-0.3, -0.25) is 24.6 Å². The molecule has 9 rings (SSSR count). The number of aromatic hydroxyl groups is 1. The van der Waals surface area contributed by atoms with E-state index in [4.69, 9.17) is 0 Å². The average Bonchev–Trinajstić information content (AvgIpc) is 3.55. The second kappa shape index (κ2) is 15.1. The molecule has 4 fully saturated rings. The highest BCUT2D eigenvalue weighted by atomic mass is 19.3. The van der Waals surface area contributed by atoms with Gasteiger partial charge in [0.15, 0.2) is 17.4 Å². The van der Waals surface area contributed by atoms with Gasteiger partial charge in [0, 0.05) is 94.2 Å². The molecule has 15 nitrogen and oxygen atoms in total. The van der Waals surface area contributed by atoms with Crippen LogP contribution in [-0.4, -0.2) is 148 Å². The Labute approximate surface area is 345 Å². The maximum absolute atomic E-state index is 15.3. The molecule has 0 saturated carbocycles. The monoisotopic (exact) mass is 830 g/mol. The smallest absolute Gasteiger partial charge is 0.320 e. The van der Waals surface area contributed by atoms with Crippen molar-refractivity contribution in [3.8, 4) is 17.0 Å². The summed E-state index contributed by atoms with van der Waals surface area (Å²) in [5.74, 6) is -1.71. The number of fused-ring (bicyclic) bond motifs is 4. The Kier molecular flexibility index (Phi) is 10.0. The zero-order valence-electron chi connectivity index (χ0n) is 33.7. The number of carbonyl (C=O) groups is 4. The second-order valence-corrected chi connectivity index (χ2v) is 17.6. The van der Waals surface area contributed by atoms with Crippen molar-refractivity contribution in [2.75, 3.05) is 80.6 Å². The van der Waals surface area contributed by atoms with Gasteiger partial charge in [-0.15, -0.1) is 10.2 Å². The summed E-state index contributed by atoms with van der Waals surface area (Å²) >= 11 is 0. The van der Waals surface area contributed by atoms with E-state index >= 15 is 8.78 Å². The lowest BCUT2D eigenvalue weighted by atomic mass is 9.82. The number of halogens is 3. The minimum Gasteiger partial charge on any atom is -0.504 e. The van der Waals surface area contributed by atoms with Crippen LogP contribution in [0.3, 0.4) is 0 Å². The van der Waals surface area contributed by atoms with E-state index in [-0.39, 0.29) is 61.7 Å². The Morgan fingerprint density at radius 3 is 2.52 bits per heavy atom. The summed E-state index contributed by atoms with van der Waals surface area (Å²) in [4.78, 5) is 63.0. The first-order valence-corrected chi connectivity index (χ1v) is 20.7. The van der Waals surface area contributed by atoms with Gasteiger partial charge in [-0.05, 0) is 74.9 Å². The largest absolute Gasteiger partial charge is 0.504 e. The molecule has 7 heterocycles. The van der Waals surface area contributed by atoms with E-state index < -0.39 is 41.0 Å². The van der Waals surface area contributed by atoms with Gasteiger partial charge in [-0.25, -0.2) is 18.0 Å². The summed E-state index contributed by atoms with van der Waals surface area (Å²) in [5.41, 5.74) is 0.768. The number of imide groups is 1. The van der Waals surface area contributed by atoms with E-state index in [1.807, 2.05) is 36.9 Å². The highest BCUT2D eigenvalue weighted by Gasteiger charge is 2.54. The standard InChI is InChI=1S/C42H49F3N10O5/c1-41(2)20-25(21-50-12-14-51(15-13-50)27-7-6-26-22-53(38(59)29(26)18-27)32-8-9-34(56)47-37(32)58)10-11-55(41)40(60)52-16-17-54-33-19-31(28-4-3-5-30(43)35(28)57)48-49-36(33)46-23-42(54,24-52)39(44)45/h3-7,18-19,25,32,39,57H,8-17,20-24H2,1-2H3,(H,46,49)(H,47,56,58)/t25?,32-,42-/m0/s1. The highest BCUT2D eigenvalue weighted by Crippen LogP contribution is 2.43. The predicted molar refractivity (Wildman–Crippen MR) is 215 cm³/mol. The Morgan fingerprint density at radius 2 is 1.77 bits per heavy atom. The van der Waals surface area contributed by atoms with Crippen LogP contribution in [0.2, 0.25) is 0 Å². The Bertz CT molecular complexity index is 2240. The topological polar surface area (TPSA) is 158 Å². The zero-order valence-corrected chi connectivity index (χ0v) is 33.7. The second-order valence-electron chi connectivity index (χ2n) is 17.6. The molecule has 1 aromatic heterocycles. The Balaban J connectivity index is 0.803. The SMILES string of the molecule is CC1(C)CC(CN2CCN(c3ccc4c(c3)C(=O)N([C@H]3CCC(=O)NC3=O)C4)CC2)CCN1C(=O)N1CCN2c3cc(-c4cccc(F)c4O)nnc3NC[C@@]2(C(F)F)C1. The van der Waals surface area contributed by atoms with Crippen molar-refractivity contribution < 1.29 is 37.5 Å². The number of benzene rings is 2. The van der Waals surface area contributed by atoms with Gasteiger partial charge in [0.1, 0.15) is 11.6 Å². The fourth-order valence-electron chi connectivity index (χ4n) is 10.2. The Hall–Kier alpha value is -5.65. The molecule has 0 aliphatic carbocycles. The number of piperidine rings is 2. The number of nitrogens with one attached hydrogen (secondary N) is 2. The number of carbonyl (C=O) groups excluding carboxylic acids is 4. The lowest BCUT2D eigenvalue weighted by molar-refractivity contribution is -0.136. The van der Waals surface area contributed by atoms with Crippen molar-refractivity contribution >= 4 is 40.9 Å². The maximum atomic E-state index is 15.3. The third kappa shape index (κ3) is 6.91. The number of para-hydroxylation sites is 1. The highest BCUT2D eigenvalue weighted by molar-refractivity contribution is 6.05. The molecular weight excluding hydrogens is 782 g/mol. The van der Waals surface area contributed by atoms with Crippen LogP contribution in [0.25, 0.3) is 11.3 Å². The number of rotatable bonds is 6. The first kappa shape index (κ1) is 39.8. The molecule has 1 unspecified atom stereocenters. The number of likely N-dealkylation sites (tertiary alicyclic amines) is 1. The lowest BCUT2D eigenvalue weighted by Crippen LogP contribution is -2.72. The van der Waals surface area contributed by atoms with Crippen LogP contribution in [0.15, 0.2) is 42.5 Å². The van der Waals surface area contributed by atoms with Gasteiger partial charge in [0.05, 0.1) is 17.9 Å². The summed E-state index contributed by atoms with van der Waals surface area (Å²) in [7, 11) is 0. The van der Waals surface area contributed by atoms with E-state index in [0.29, 0.717) is 42.5 Å². The number of anilines is 3. The van der Waals surface area contributed by atoms with Gasteiger partial charge in [0.2, 0.25) is 11.8 Å². The van der Waals surface area contributed by atoms with Gasteiger partial charge < -0.3 is 34.9 Å². The fourth-order valence-corrected chi connectivity index (χ4v) is 10.2. The number of hydrogen-bond acceptors (Lipinski definition) is 11. The minimum absolute atomic E-state index is 0.0942. The van der Waals surface area contributed by atoms with Crippen LogP contribution < -0.4 is 20.4 Å². The van der Waals surface area contributed by atoms with Crippen LogP contribution in [0.1, 0.15) is 55.5 Å². The number of alkyl halides is 2. The van der Waals surface area contributed by atoms with Crippen LogP contribution in [0, 0.1) is 11.7 Å². The van der Waals surface area contributed by atoms with E-state index in [2.05, 4.69) is 30.6 Å². The van der Waals surface area contributed by atoms with Crippen molar-refractivity contribution in [2.45, 2.75) is 69.6 Å². The van der Waals surface area contributed by atoms with Crippen molar-refractivity contribution in [2.24, 2.45) is 5.92 Å². The number of phenols is 1. The molecule has 2 aromatic carbocycles. The van der Waals surface area contributed by atoms with Gasteiger partial charge in [-0.1, -0.05) is 12.1 Å². The summed E-state index contributed by atoms with van der Waals surface area (Å²) < 4.78 is 44.7. The maximum Gasteiger partial charge on any atom is 0.320 e. The number of phenolic OH excluding ortho intramolecular Hbond substituents is 1. The van der Waals surface area contributed by atoms with E-state index in [0.717, 1.165) is 62.9 Å². The zero-order chi connectivity index (χ0) is 42.1. The van der Waals surface area contributed by atoms with Crippen LogP contribution in [-0.2, 0) is 16.1 Å². The molecule has 5 amide bonds. The normalized spacial score (nSPS) is 25.5. The van der Waals surface area contributed by atoms with Gasteiger partial charge >= 0.3 is 6.03 Å². The lowest BCUT2D eigenvalue weighted by Gasteiger charge is -2.55. The summed E-state index contributed by atoms with van der Waals surface area (Å²) in [6.45, 7) is 9.02. The van der Waals surface area contributed by atoms with Crippen LogP contribution in [0.5, 0.6) is 5.75 Å². The van der Waals surface area contributed by atoms with Gasteiger partial charge in [-0.2, -0.15) is 0 Å². The number of nitrogens with zero attached hydrogens (tertiary/aromatic N) is 8. The summed E-state index contributed by atoms with van der Waals surface area (Å²) in [6, 6.07) is 10.6.